The molecule has 0 radical (unpaired) electrons. The van der Waals surface area contributed by atoms with E-state index in [1.807, 2.05) is 25.7 Å². The molecule has 104 valence electrons. The Labute approximate surface area is 121 Å². The Kier molecular flexibility index (Phi) is 5.77. The van der Waals surface area contributed by atoms with Crippen molar-refractivity contribution in [2.24, 2.45) is 11.0 Å². The summed E-state index contributed by atoms with van der Waals surface area (Å²) in [6.45, 7) is 2.03. The van der Waals surface area contributed by atoms with Crippen molar-refractivity contribution in [3.05, 3.63) is 29.8 Å². The van der Waals surface area contributed by atoms with Gasteiger partial charge in [-0.3, -0.25) is 0 Å². The first-order valence-electron chi connectivity index (χ1n) is 7.24. The molecule has 2 nitrogen and oxygen atoms in total. The van der Waals surface area contributed by atoms with Gasteiger partial charge in [0.15, 0.2) is 0 Å². The SMILES string of the molecule is CN/N=C(\C)c1ccc(SCC2CCCCC2)cc1. The minimum atomic E-state index is 0.936. The minimum absolute atomic E-state index is 0.936. The molecule has 0 saturated heterocycles. The lowest BCUT2D eigenvalue weighted by molar-refractivity contribution is 0.391. The Hall–Kier alpha value is -0.960. The van der Waals surface area contributed by atoms with Crippen LogP contribution in [0, 0.1) is 5.92 Å². The van der Waals surface area contributed by atoms with Crippen LogP contribution in [0.3, 0.4) is 0 Å². The van der Waals surface area contributed by atoms with Crippen molar-refractivity contribution in [2.45, 2.75) is 43.9 Å². The number of rotatable bonds is 5. The average Bonchev–Trinajstić information content (AvgIpc) is 2.47. The summed E-state index contributed by atoms with van der Waals surface area (Å²) < 4.78 is 0. The van der Waals surface area contributed by atoms with Crippen molar-refractivity contribution in [1.82, 2.24) is 5.43 Å². The third-order valence-electron chi connectivity index (χ3n) is 3.76. The first-order valence-corrected chi connectivity index (χ1v) is 8.22. The van der Waals surface area contributed by atoms with Crippen molar-refractivity contribution in [3.63, 3.8) is 0 Å². The third kappa shape index (κ3) is 4.57. The Bertz CT molecular complexity index is 405. The van der Waals surface area contributed by atoms with Gasteiger partial charge >= 0.3 is 0 Å². The van der Waals surface area contributed by atoms with E-state index in [0.717, 1.165) is 11.6 Å². The van der Waals surface area contributed by atoms with E-state index < -0.39 is 0 Å². The lowest BCUT2D eigenvalue weighted by atomic mass is 9.91. The molecule has 0 bridgehead atoms. The summed E-state index contributed by atoms with van der Waals surface area (Å²) in [4.78, 5) is 1.38. The summed E-state index contributed by atoms with van der Waals surface area (Å²) in [6.07, 6.45) is 7.17. The number of nitrogens with zero attached hydrogens (tertiary/aromatic N) is 1. The summed E-state index contributed by atoms with van der Waals surface area (Å²) in [5, 5.41) is 4.20. The van der Waals surface area contributed by atoms with Crippen LogP contribution in [0.25, 0.3) is 0 Å². The molecule has 1 fully saturated rings. The first kappa shape index (κ1) is 14.4. The molecular formula is C16H24N2S. The molecule has 1 aliphatic carbocycles. The highest BCUT2D eigenvalue weighted by molar-refractivity contribution is 7.99. The maximum atomic E-state index is 4.20. The highest BCUT2D eigenvalue weighted by atomic mass is 32.2. The molecule has 0 spiro atoms. The predicted octanol–water partition coefficient (Wildman–Crippen LogP) is 4.30. The molecule has 1 aliphatic rings. The highest BCUT2D eigenvalue weighted by Crippen LogP contribution is 2.30. The van der Waals surface area contributed by atoms with E-state index in [0.29, 0.717) is 0 Å². The monoisotopic (exact) mass is 276 g/mol. The van der Waals surface area contributed by atoms with Gasteiger partial charge in [0.1, 0.15) is 0 Å². The molecule has 3 heteroatoms. The van der Waals surface area contributed by atoms with Gasteiger partial charge < -0.3 is 5.43 Å². The van der Waals surface area contributed by atoms with Crippen LogP contribution >= 0.6 is 11.8 Å². The zero-order valence-corrected chi connectivity index (χ0v) is 12.8. The molecular weight excluding hydrogens is 252 g/mol. The maximum absolute atomic E-state index is 4.20. The van der Waals surface area contributed by atoms with Gasteiger partial charge in [0.25, 0.3) is 0 Å². The molecule has 1 aromatic carbocycles. The van der Waals surface area contributed by atoms with Gasteiger partial charge in [-0.05, 0) is 43.4 Å². The van der Waals surface area contributed by atoms with Crippen LogP contribution in [0.2, 0.25) is 0 Å². The van der Waals surface area contributed by atoms with Crippen LogP contribution in [0.1, 0.15) is 44.6 Å². The smallest absolute Gasteiger partial charge is 0.0644 e. The van der Waals surface area contributed by atoms with E-state index in [-0.39, 0.29) is 0 Å². The number of benzene rings is 1. The summed E-state index contributed by atoms with van der Waals surface area (Å²) in [6, 6.07) is 8.77. The Morgan fingerprint density at radius 2 is 1.89 bits per heavy atom. The van der Waals surface area contributed by atoms with E-state index in [4.69, 9.17) is 0 Å². The average molecular weight is 276 g/mol. The Balaban J connectivity index is 1.86. The lowest BCUT2D eigenvalue weighted by Gasteiger charge is -2.20. The molecule has 1 saturated carbocycles. The molecule has 1 N–H and O–H groups in total. The molecule has 2 rings (SSSR count). The zero-order valence-electron chi connectivity index (χ0n) is 12.0. The van der Waals surface area contributed by atoms with Gasteiger partial charge in [-0.2, -0.15) is 5.10 Å². The van der Waals surface area contributed by atoms with E-state index in [1.165, 1.54) is 48.3 Å². The van der Waals surface area contributed by atoms with Crippen molar-refractivity contribution in [2.75, 3.05) is 12.8 Å². The fraction of sp³-hybridized carbons (Fsp3) is 0.562. The maximum Gasteiger partial charge on any atom is 0.0644 e. The molecule has 0 heterocycles. The lowest BCUT2D eigenvalue weighted by Crippen LogP contribution is -2.08. The van der Waals surface area contributed by atoms with Crippen molar-refractivity contribution in [1.29, 1.82) is 0 Å². The van der Waals surface area contributed by atoms with Crippen molar-refractivity contribution < 1.29 is 0 Å². The van der Waals surface area contributed by atoms with Gasteiger partial charge in [-0.15, -0.1) is 11.8 Å². The van der Waals surface area contributed by atoms with Crippen LogP contribution in [-0.2, 0) is 0 Å². The molecule has 0 unspecified atom stereocenters. The van der Waals surface area contributed by atoms with Crippen LogP contribution in [0.15, 0.2) is 34.3 Å². The molecule has 0 aliphatic heterocycles. The fourth-order valence-corrected chi connectivity index (χ4v) is 3.68. The quantitative estimate of drug-likeness (QED) is 0.492. The molecule has 19 heavy (non-hydrogen) atoms. The Morgan fingerprint density at radius 3 is 2.53 bits per heavy atom. The number of hydrogen-bond acceptors (Lipinski definition) is 3. The molecule has 0 atom stereocenters. The summed E-state index contributed by atoms with van der Waals surface area (Å²) in [5.41, 5.74) is 5.06. The second-order valence-electron chi connectivity index (χ2n) is 5.26. The third-order valence-corrected chi connectivity index (χ3v) is 5.01. The second-order valence-corrected chi connectivity index (χ2v) is 6.35. The van der Waals surface area contributed by atoms with Crippen molar-refractivity contribution >= 4 is 17.5 Å². The van der Waals surface area contributed by atoms with Crippen LogP contribution in [-0.4, -0.2) is 18.5 Å². The molecule has 0 amide bonds. The molecule has 0 aromatic heterocycles. The summed E-state index contributed by atoms with van der Waals surface area (Å²) in [5.74, 6) is 2.22. The fourth-order valence-electron chi connectivity index (χ4n) is 2.59. The van der Waals surface area contributed by atoms with E-state index >= 15 is 0 Å². The molecule has 1 aromatic rings. The number of hydrogen-bond donors (Lipinski definition) is 1. The minimum Gasteiger partial charge on any atom is -0.313 e. The number of nitrogens with one attached hydrogen (secondary N) is 1. The van der Waals surface area contributed by atoms with Gasteiger partial charge in [0, 0.05) is 17.7 Å². The van der Waals surface area contributed by atoms with Crippen LogP contribution in [0.5, 0.6) is 0 Å². The number of hydrazone groups is 1. The topological polar surface area (TPSA) is 24.4 Å². The van der Waals surface area contributed by atoms with E-state index in [9.17, 15) is 0 Å². The highest BCUT2D eigenvalue weighted by Gasteiger charge is 2.13. The Morgan fingerprint density at radius 1 is 1.21 bits per heavy atom. The second kappa shape index (κ2) is 7.59. The standard InChI is InChI=1S/C16H24N2S/c1-13(18-17-2)15-8-10-16(11-9-15)19-12-14-6-4-3-5-7-14/h8-11,14,17H,3-7,12H2,1-2H3/b18-13+. The van der Waals surface area contributed by atoms with Crippen molar-refractivity contribution in [3.8, 4) is 0 Å². The number of thioether (sulfide) groups is 1. The summed E-state index contributed by atoms with van der Waals surface area (Å²) in [7, 11) is 1.83. The predicted molar refractivity (Wildman–Crippen MR) is 85.0 cm³/mol. The first-order chi connectivity index (χ1) is 9.29. The van der Waals surface area contributed by atoms with Gasteiger partial charge in [0.05, 0.1) is 5.71 Å². The van der Waals surface area contributed by atoms with Gasteiger partial charge in [0.2, 0.25) is 0 Å². The van der Waals surface area contributed by atoms with Gasteiger partial charge in [-0.1, -0.05) is 31.4 Å². The van der Waals surface area contributed by atoms with E-state index in [1.54, 1.807) is 0 Å². The van der Waals surface area contributed by atoms with Gasteiger partial charge in [-0.25, -0.2) is 0 Å². The largest absolute Gasteiger partial charge is 0.313 e. The van der Waals surface area contributed by atoms with Crippen LogP contribution < -0.4 is 5.43 Å². The van der Waals surface area contributed by atoms with Crippen LogP contribution in [0.4, 0.5) is 0 Å². The normalized spacial score (nSPS) is 17.5. The summed E-state index contributed by atoms with van der Waals surface area (Å²) >= 11 is 2.01. The van der Waals surface area contributed by atoms with E-state index in [2.05, 4.69) is 34.8 Å². The zero-order chi connectivity index (χ0) is 13.5.